The molecule has 0 saturated carbocycles. The van der Waals surface area contributed by atoms with Crippen LogP contribution in [0.3, 0.4) is 0 Å². The third-order valence-electron chi connectivity index (χ3n) is 2.01. The molecular formula is C9H11N3O4. The van der Waals surface area contributed by atoms with E-state index in [9.17, 15) is 14.9 Å². The number of rotatable bonds is 4. The van der Waals surface area contributed by atoms with Crippen LogP contribution in [0.4, 0.5) is 5.82 Å². The Morgan fingerprint density at radius 3 is 2.81 bits per heavy atom. The van der Waals surface area contributed by atoms with Crippen LogP contribution < -0.4 is 0 Å². The Hall–Kier alpha value is -2.18. The van der Waals surface area contributed by atoms with Crippen LogP contribution in [0, 0.1) is 17.0 Å². The molecule has 1 heterocycles. The first-order valence-corrected chi connectivity index (χ1v) is 4.50. The normalized spacial score (nSPS) is 11.5. The van der Waals surface area contributed by atoms with Crippen LogP contribution in [0.1, 0.15) is 12.5 Å². The maximum atomic E-state index is 10.5. The van der Waals surface area contributed by atoms with Crippen molar-refractivity contribution in [2.24, 2.45) is 0 Å². The van der Waals surface area contributed by atoms with E-state index in [0.717, 1.165) is 0 Å². The third kappa shape index (κ3) is 2.66. The molecule has 0 atom stereocenters. The fourth-order valence-corrected chi connectivity index (χ4v) is 1.10. The van der Waals surface area contributed by atoms with Crippen LogP contribution in [-0.2, 0) is 11.3 Å². The van der Waals surface area contributed by atoms with Crippen molar-refractivity contribution < 1.29 is 14.8 Å². The first-order chi connectivity index (χ1) is 7.41. The number of aryl methyl sites for hydroxylation is 1. The molecule has 16 heavy (non-hydrogen) atoms. The zero-order chi connectivity index (χ0) is 12.3. The predicted molar refractivity (Wildman–Crippen MR) is 55.0 cm³/mol. The lowest BCUT2D eigenvalue weighted by molar-refractivity contribution is -0.390. The van der Waals surface area contributed by atoms with Crippen molar-refractivity contribution >= 4 is 11.8 Å². The molecule has 7 heteroatoms. The molecule has 0 bridgehead atoms. The van der Waals surface area contributed by atoms with Crippen LogP contribution >= 0.6 is 0 Å². The SMILES string of the molecule is CC(=CCn1cc(C)c([N+](=O)[O-])n1)C(=O)O. The zero-order valence-electron chi connectivity index (χ0n) is 8.88. The summed E-state index contributed by atoms with van der Waals surface area (Å²) in [6, 6.07) is 0. The largest absolute Gasteiger partial charge is 0.478 e. The van der Waals surface area contributed by atoms with Gasteiger partial charge < -0.3 is 15.2 Å². The van der Waals surface area contributed by atoms with E-state index in [-0.39, 0.29) is 17.9 Å². The van der Waals surface area contributed by atoms with E-state index in [1.54, 1.807) is 6.92 Å². The van der Waals surface area contributed by atoms with Crippen LogP contribution in [0.5, 0.6) is 0 Å². The summed E-state index contributed by atoms with van der Waals surface area (Å²) in [5.74, 6) is -1.22. The summed E-state index contributed by atoms with van der Waals surface area (Å²) in [4.78, 5) is 20.4. The zero-order valence-corrected chi connectivity index (χ0v) is 8.88. The predicted octanol–water partition coefficient (Wildman–Crippen LogP) is 1.13. The molecule has 0 saturated heterocycles. The van der Waals surface area contributed by atoms with Gasteiger partial charge in [0.05, 0.1) is 23.4 Å². The average molecular weight is 225 g/mol. The van der Waals surface area contributed by atoms with Gasteiger partial charge in [0.2, 0.25) is 0 Å². The average Bonchev–Trinajstić information content (AvgIpc) is 2.56. The van der Waals surface area contributed by atoms with Gasteiger partial charge in [0.15, 0.2) is 0 Å². The number of hydrogen-bond acceptors (Lipinski definition) is 4. The van der Waals surface area contributed by atoms with E-state index < -0.39 is 10.9 Å². The molecule has 1 aromatic heterocycles. The lowest BCUT2D eigenvalue weighted by atomic mass is 10.3. The van der Waals surface area contributed by atoms with Crippen LogP contribution in [0.2, 0.25) is 0 Å². The Kier molecular flexibility index (Phi) is 3.39. The number of nitro groups is 1. The summed E-state index contributed by atoms with van der Waals surface area (Å²) in [6.07, 6.45) is 2.95. The van der Waals surface area contributed by atoms with Gasteiger partial charge in [0, 0.05) is 5.57 Å². The molecule has 0 radical (unpaired) electrons. The Balaban J connectivity index is 2.84. The molecule has 1 N–H and O–H groups in total. The van der Waals surface area contributed by atoms with Crippen molar-refractivity contribution in [3.8, 4) is 0 Å². The van der Waals surface area contributed by atoms with E-state index in [1.165, 1.54) is 23.9 Å². The molecule has 0 aromatic carbocycles. The number of carboxylic acids is 1. The molecule has 0 aliphatic heterocycles. The second kappa shape index (κ2) is 4.56. The highest BCUT2D eigenvalue weighted by atomic mass is 16.6. The van der Waals surface area contributed by atoms with Gasteiger partial charge in [-0.05, 0) is 18.8 Å². The number of hydrogen-bond donors (Lipinski definition) is 1. The van der Waals surface area contributed by atoms with E-state index >= 15 is 0 Å². The van der Waals surface area contributed by atoms with E-state index in [1.807, 2.05) is 0 Å². The number of aliphatic carboxylic acids is 1. The first-order valence-electron chi connectivity index (χ1n) is 4.50. The van der Waals surface area contributed by atoms with E-state index in [4.69, 9.17) is 5.11 Å². The molecule has 86 valence electrons. The highest BCUT2D eigenvalue weighted by Gasteiger charge is 2.16. The first kappa shape index (κ1) is 11.9. The lowest BCUT2D eigenvalue weighted by Crippen LogP contribution is -2.01. The Morgan fingerprint density at radius 1 is 1.75 bits per heavy atom. The van der Waals surface area contributed by atoms with Gasteiger partial charge >= 0.3 is 11.8 Å². The van der Waals surface area contributed by atoms with Crippen molar-refractivity contribution in [3.63, 3.8) is 0 Å². The number of allylic oxidation sites excluding steroid dienone is 1. The van der Waals surface area contributed by atoms with Gasteiger partial charge in [-0.15, -0.1) is 0 Å². The second-order valence-corrected chi connectivity index (χ2v) is 3.31. The summed E-state index contributed by atoms with van der Waals surface area (Å²) >= 11 is 0. The fraction of sp³-hybridized carbons (Fsp3) is 0.333. The second-order valence-electron chi connectivity index (χ2n) is 3.31. The molecule has 1 aromatic rings. The maximum absolute atomic E-state index is 10.5. The Morgan fingerprint density at radius 2 is 2.38 bits per heavy atom. The summed E-state index contributed by atoms with van der Waals surface area (Å²) in [5, 5.41) is 22.8. The van der Waals surface area contributed by atoms with Crippen molar-refractivity contribution in [2.75, 3.05) is 0 Å². The van der Waals surface area contributed by atoms with Gasteiger partial charge in [-0.25, -0.2) is 4.79 Å². The summed E-state index contributed by atoms with van der Waals surface area (Å²) in [6.45, 7) is 3.23. The highest BCUT2D eigenvalue weighted by Crippen LogP contribution is 2.13. The minimum absolute atomic E-state index is 0.177. The maximum Gasteiger partial charge on any atom is 0.392 e. The van der Waals surface area contributed by atoms with Crippen molar-refractivity contribution in [1.29, 1.82) is 0 Å². The van der Waals surface area contributed by atoms with E-state index in [0.29, 0.717) is 5.56 Å². The van der Waals surface area contributed by atoms with Gasteiger partial charge in [-0.2, -0.15) is 4.68 Å². The number of nitrogens with zero attached hydrogens (tertiary/aromatic N) is 3. The molecule has 1 rings (SSSR count). The molecule has 7 nitrogen and oxygen atoms in total. The van der Waals surface area contributed by atoms with Crippen LogP contribution in [0.15, 0.2) is 17.8 Å². The molecule has 0 fully saturated rings. The topological polar surface area (TPSA) is 98.3 Å². The molecule has 0 unspecified atom stereocenters. The molecule has 0 aliphatic rings. The van der Waals surface area contributed by atoms with Crippen molar-refractivity contribution in [1.82, 2.24) is 9.78 Å². The number of carboxylic acid groups (broad SMARTS) is 1. The van der Waals surface area contributed by atoms with Gasteiger partial charge in [-0.3, -0.25) is 0 Å². The monoisotopic (exact) mass is 225 g/mol. The minimum atomic E-state index is -1.02. The molecular weight excluding hydrogens is 214 g/mol. The van der Waals surface area contributed by atoms with E-state index in [2.05, 4.69) is 5.10 Å². The van der Waals surface area contributed by atoms with Gasteiger partial charge in [0.1, 0.15) is 0 Å². The number of carbonyl (C=O) groups is 1. The fourth-order valence-electron chi connectivity index (χ4n) is 1.10. The van der Waals surface area contributed by atoms with Crippen LogP contribution in [-0.4, -0.2) is 25.8 Å². The lowest BCUT2D eigenvalue weighted by Gasteiger charge is -1.92. The van der Waals surface area contributed by atoms with Gasteiger partial charge in [-0.1, -0.05) is 6.08 Å². The Labute approximate surface area is 91.1 Å². The Bertz CT molecular complexity index is 461. The molecule has 0 aliphatic carbocycles. The standard InChI is InChI=1S/C9H11N3O4/c1-6(9(13)14)3-4-11-5-7(2)8(10-11)12(15)16/h3,5H,4H2,1-2H3,(H,13,14). The smallest absolute Gasteiger partial charge is 0.392 e. The third-order valence-corrected chi connectivity index (χ3v) is 2.01. The highest BCUT2D eigenvalue weighted by molar-refractivity contribution is 5.85. The molecule has 0 amide bonds. The van der Waals surface area contributed by atoms with Crippen molar-refractivity contribution in [3.05, 3.63) is 33.5 Å². The van der Waals surface area contributed by atoms with Crippen molar-refractivity contribution in [2.45, 2.75) is 20.4 Å². The molecule has 0 spiro atoms. The van der Waals surface area contributed by atoms with Gasteiger partial charge in [0.25, 0.3) is 0 Å². The summed E-state index contributed by atoms with van der Waals surface area (Å²) < 4.78 is 1.33. The summed E-state index contributed by atoms with van der Waals surface area (Å²) in [7, 11) is 0. The minimum Gasteiger partial charge on any atom is -0.478 e. The number of aromatic nitrogens is 2. The van der Waals surface area contributed by atoms with Crippen LogP contribution in [0.25, 0.3) is 0 Å². The quantitative estimate of drug-likeness (QED) is 0.470. The summed E-state index contributed by atoms with van der Waals surface area (Å²) in [5.41, 5.74) is 0.627.